The number of carbonyl (C=O) groups is 1. The molecule has 1 amide bonds. The van der Waals surface area contributed by atoms with E-state index in [0.717, 1.165) is 23.6 Å². The SMILES string of the molecule is CCC(SCc1ccccc1)C(=O)Nc1ccc(OC)cc1. The summed E-state index contributed by atoms with van der Waals surface area (Å²) < 4.78 is 5.11. The number of amides is 1. The van der Waals surface area contributed by atoms with Crippen molar-refractivity contribution in [3.05, 3.63) is 60.2 Å². The summed E-state index contributed by atoms with van der Waals surface area (Å²) in [6.45, 7) is 2.04. The maximum atomic E-state index is 12.4. The zero-order valence-corrected chi connectivity index (χ0v) is 13.7. The molecular formula is C18H21NO2S. The Bertz CT molecular complexity index is 584. The fourth-order valence-electron chi connectivity index (χ4n) is 2.05. The van der Waals surface area contributed by atoms with Crippen LogP contribution in [0.1, 0.15) is 18.9 Å². The summed E-state index contributed by atoms with van der Waals surface area (Å²) in [6, 6.07) is 17.6. The quantitative estimate of drug-likeness (QED) is 0.825. The Hall–Kier alpha value is -1.94. The number of rotatable bonds is 7. The highest BCUT2D eigenvalue weighted by atomic mass is 32.2. The number of ether oxygens (including phenoxy) is 1. The van der Waals surface area contributed by atoms with E-state index >= 15 is 0 Å². The molecule has 1 N–H and O–H groups in total. The van der Waals surface area contributed by atoms with Crippen LogP contribution in [0.25, 0.3) is 0 Å². The summed E-state index contributed by atoms with van der Waals surface area (Å²) >= 11 is 1.67. The van der Waals surface area contributed by atoms with Crippen molar-refractivity contribution < 1.29 is 9.53 Å². The first-order valence-corrected chi connectivity index (χ1v) is 8.38. The van der Waals surface area contributed by atoms with Gasteiger partial charge >= 0.3 is 0 Å². The summed E-state index contributed by atoms with van der Waals surface area (Å²) in [4.78, 5) is 12.4. The molecule has 0 saturated heterocycles. The Kier molecular flexibility index (Phi) is 6.34. The van der Waals surface area contributed by atoms with Crippen molar-refractivity contribution in [3.63, 3.8) is 0 Å². The Morgan fingerprint density at radius 2 is 1.82 bits per heavy atom. The molecule has 0 heterocycles. The molecule has 0 saturated carbocycles. The lowest BCUT2D eigenvalue weighted by Crippen LogP contribution is -2.24. The molecule has 1 atom stereocenters. The molecule has 3 nitrogen and oxygen atoms in total. The topological polar surface area (TPSA) is 38.3 Å². The average Bonchev–Trinajstić information content (AvgIpc) is 2.57. The van der Waals surface area contributed by atoms with Crippen LogP contribution < -0.4 is 10.1 Å². The van der Waals surface area contributed by atoms with Gasteiger partial charge in [-0.15, -0.1) is 11.8 Å². The van der Waals surface area contributed by atoms with E-state index in [0.29, 0.717) is 0 Å². The Balaban J connectivity index is 1.90. The van der Waals surface area contributed by atoms with Gasteiger partial charge in [0.05, 0.1) is 12.4 Å². The van der Waals surface area contributed by atoms with Gasteiger partial charge in [-0.2, -0.15) is 0 Å². The Labute approximate surface area is 136 Å². The van der Waals surface area contributed by atoms with Crippen molar-refractivity contribution in [2.45, 2.75) is 24.3 Å². The second-order valence-corrected chi connectivity index (χ2v) is 6.10. The Morgan fingerprint density at radius 3 is 2.41 bits per heavy atom. The van der Waals surface area contributed by atoms with E-state index < -0.39 is 0 Å². The molecule has 2 aromatic carbocycles. The number of hydrogen-bond donors (Lipinski definition) is 1. The molecule has 22 heavy (non-hydrogen) atoms. The summed E-state index contributed by atoms with van der Waals surface area (Å²) in [6.07, 6.45) is 0.805. The average molecular weight is 315 g/mol. The van der Waals surface area contributed by atoms with E-state index in [-0.39, 0.29) is 11.2 Å². The van der Waals surface area contributed by atoms with Crippen LogP contribution in [0.3, 0.4) is 0 Å². The van der Waals surface area contributed by atoms with Gasteiger partial charge in [-0.05, 0) is 36.2 Å². The minimum atomic E-state index is -0.0534. The van der Waals surface area contributed by atoms with Crippen LogP contribution in [0.15, 0.2) is 54.6 Å². The predicted molar refractivity (Wildman–Crippen MR) is 93.4 cm³/mol. The van der Waals surface area contributed by atoms with E-state index in [1.807, 2.05) is 49.4 Å². The third kappa shape index (κ3) is 4.81. The maximum absolute atomic E-state index is 12.4. The summed E-state index contributed by atoms with van der Waals surface area (Å²) in [5, 5.41) is 2.91. The minimum Gasteiger partial charge on any atom is -0.497 e. The van der Waals surface area contributed by atoms with Gasteiger partial charge in [-0.25, -0.2) is 0 Å². The van der Waals surface area contributed by atoms with Crippen LogP contribution in [-0.2, 0) is 10.5 Å². The standard InChI is InChI=1S/C18H21NO2S/c1-3-17(22-13-14-7-5-4-6-8-14)18(20)19-15-9-11-16(21-2)12-10-15/h4-12,17H,3,13H2,1-2H3,(H,19,20). The molecule has 2 aromatic rings. The van der Waals surface area contributed by atoms with Crippen molar-refractivity contribution >= 4 is 23.4 Å². The summed E-state index contributed by atoms with van der Waals surface area (Å²) in [5.41, 5.74) is 2.03. The first-order chi connectivity index (χ1) is 10.7. The molecule has 116 valence electrons. The van der Waals surface area contributed by atoms with Crippen molar-refractivity contribution in [3.8, 4) is 5.75 Å². The summed E-state index contributed by atoms with van der Waals surface area (Å²) in [5.74, 6) is 1.67. The highest BCUT2D eigenvalue weighted by Crippen LogP contribution is 2.22. The highest BCUT2D eigenvalue weighted by molar-refractivity contribution is 7.99. The normalized spacial score (nSPS) is 11.7. The molecule has 1 unspecified atom stereocenters. The van der Waals surface area contributed by atoms with E-state index in [9.17, 15) is 4.79 Å². The predicted octanol–water partition coefficient (Wildman–Crippen LogP) is 4.35. The molecule has 4 heteroatoms. The van der Waals surface area contributed by atoms with Crippen molar-refractivity contribution in [2.24, 2.45) is 0 Å². The van der Waals surface area contributed by atoms with Crippen LogP contribution >= 0.6 is 11.8 Å². The number of thioether (sulfide) groups is 1. The molecule has 2 rings (SSSR count). The lowest BCUT2D eigenvalue weighted by atomic mass is 10.2. The van der Waals surface area contributed by atoms with E-state index in [1.165, 1.54) is 5.56 Å². The van der Waals surface area contributed by atoms with Crippen molar-refractivity contribution in [1.82, 2.24) is 0 Å². The molecule has 0 aliphatic rings. The zero-order chi connectivity index (χ0) is 15.8. The fraction of sp³-hybridized carbons (Fsp3) is 0.278. The van der Waals surface area contributed by atoms with Crippen LogP contribution in [-0.4, -0.2) is 18.3 Å². The van der Waals surface area contributed by atoms with E-state index in [2.05, 4.69) is 17.4 Å². The molecule has 0 aliphatic carbocycles. The van der Waals surface area contributed by atoms with E-state index in [1.54, 1.807) is 18.9 Å². The number of hydrogen-bond acceptors (Lipinski definition) is 3. The third-order valence-corrected chi connectivity index (χ3v) is 4.76. The van der Waals surface area contributed by atoms with Gasteiger partial charge in [0.25, 0.3) is 0 Å². The number of benzene rings is 2. The fourth-order valence-corrected chi connectivity index (χ4v) is 3.08. The Morgan fingerprint density at radius 1 is 1.14 bits per heavy atom. The van der Waals surface area contributed by atoms with Crippen LogP contribution in [0.2, 0.25) is 0 Å². The molecular weight excluding hydrogens is 294 g/mol. The zero-order valence-electron chi connectivity index (χ0n) is 12.9. The molecule has 0 radical (unpaired) electrons. The van der Waals surface area contributed by atoms with Gasteiger partial charge in [-0.1, -0.05) is 37.3 Å². The lowest BCUT2D eigenvalue weighted by molar-refractivity contribution is -0.115. The number of carbonyl (C=O) groups excluding carboxylic acids is 1. The van der Waals surface area contributed by atoms with Crippen LogP contribution in [0, 0.1) is 0 Å². The number of nitrogens with one attached hydrogen (secondary N) is 1. The van der Waals surface area contributed by atoms with Crippen molar-refractivity contribution in [1.29, 1.82) is 0 Å². The highest BCUT2D eigenvalue weighted by Gasteiger charge is 2.17. The van der Waals surface area contributed by atoms with Gasteiger partial charge in [0.2, 0.25) is 5.91 Å². The largest absolute Gasteiger partial charge is 0.497 e. The van der Waals surface area contributed by atoms with Gasteiger partial charge in [0.1, 0.15) is 5.75 Å². The number of methoxy groups -OCH3 is 1. The molecule has 0 fully saturated rings. The van der Waals surface area contributed by atoms with Gasteiger partial charge in [0.15, 0.2) is 0 Å². The maximum Gasteiger partial charge on any atom is 0.237 e. The second kappa shape index (κ2) is 8.49. The molecule has 0 aromatic heterocycles. The van der Waals surface area contributed by atoms with Crippen molar-refractivity contribution in [2.75, 3.05) is 12.4 Å². The van der Waals surface area contributed by atoms with Gasteiger partial charge in [0, 0.05) is 11.4 Å². The van der Waals surface area contributed by atoms with E-state index in [4.69, 9.17) is 4.74 Å². The first-order valence-electron chi connectivity index (χ1n) is 7.33. The van der Waals surface area contributed by atoms with Crippen LogP contribution in [0.5, 0.6) is 5.75 Å². The smallest absolute Gasteiger partial charge is 0.237 e. The van der Waals surface area contributed by atoms with Gasteiger partial charge in [-0.3, -0.25) is 4.79 Å². The molecule has 0 bridgehead atoms. The third-order valence-electron chi connectivity index (χ3n) is 3.31. The first kappa shape index (κ1) is 16.4. The number of anilines is 1. The van der Waals surface area contributed by atoms with Crippen LogP contribution in [0.4, 0.5) is 5.69 Å². The summed E-state index contributed by atoms with van der Waals surface area (Å²) in [7, 11) is 1.63. The lowest BCUT2D eigenvalue weighted by Gasteiger charge is -2.15. The second-order valence-electron chi connectivity index (χ2n) is 4.91. The monoisotopic (exact) mass is 315 g/mol. The minimum absolute atomic E-state index is 0.0496. The molecule has 0 aliphatic heterocycles. The molecule has 0 spiro atoms. The van der Waals surface area contributed by atoms with Gasteiger partial charge < -0.3 is 10.1 Å².